The van der Waals surface area contributed by atoms with Gasteiger partial charge in [-0.2, -0.15) is 5.10 Å². The summed E-state index contributed by atoms with van der Waals surface area (Å²) in [5, 5.41) is 3.70. The monoisotopic (exact) mass is 308 g/mol. The number of benzene rings is 2. The molecule has 2 aromatic rings. The van der Waals surface area contributed by atoms with E-state index in [2.05, 4.69) is 10.5 Å². The second kappa shape index (κ2) is 7.79. The molecule has 0 fully saturated rings. The summed E-state index contributed by atoms with van der Waals surface area (Å²) in [4.78, 5) is 35.3. The van der Waals surface area contributed by atoms with E-state index in [0.717, 1.165) is 11.1 Å². The van der Waals surface area contributed by atoms with E-state index >= 15 is 0 Å². The number of carbonyl (C=O) groups is 3. The number of nitrogens with one attached hydrogen (secondary N) is 1. The number of carbonyl (C=O) groups excluding carboxylic acids is 3. The Morgan fingerprint density at radius 3 is 2.30 bits per heavy atom. The molecule has 5 nitrogen and oxygen atoms in total. The first-order valence-corrected chi connectivity index (χ1v) is 7.07. The third kappa shape index (κ3) is 5.00. The highest BCUT2D eigenvalue weighted by Crippen LogP contribution is 2.06. The van der Waals surface area contributed by atoms with Crippen LogP contribution in [0.5, 0.6) is 0 Å². The van der Waals surface area contributed by atoms with Crippen molar-refractivity contribution in [3.05, 3.63) is 71.3 Å². The molecule has 1 N–H and O–H groups in total. The molecular weight excluding hydrogens is 292 g/mol. The summed E-state index contributed by atoms with van der Waals surface area (Å²) in [5.74, 6) is -2.12. The van der Waals surface area contributed by atoms with Crippen LogP contribution in [-0.4, -0.2) is 23.7 Å². The van der Waals surface area contributed by atoms with Gasteiger partial charge in [-0.1, -0.05) is 60.2 Å². The Hall–Kier alpha value is -3.08. The van der Waals surface area contributed by atoms with Gasteiger partial charge in [0.05, 0.1) is 12.6 Å². The molecule has 0 radical (unpaired) electrons. The standard InChI is InChI=1S/C18H16N2O3/c1-13-7-9-15(10-8-13)16(21)11-17(22)18(23)20-19-12-14-5-3-2-4-6-14/h2-10,12H,11H2,1H3,(H,20,23)/b19-12+. The van der Waals surface area contributed by atoms with Crippen molar-refractivity contribution < 1.29 is 14.4 Å². The van der Waals surface area contributed by atoms with Gasteiger partial charge < -0.3 is 0 Å². The van der Waals surface area contributed by atoms with Crippen LogP contribution in [0, 0.1) is 6.92 Å². The second-order valence-electron chi connectivity index (χ2n) is 5.00. The first-order chi connectivity index (χ1) is 11.1. The second-order valence-corrected chi connectivity index (χ2v) is 5.00. The SMILES string of the molecule is Cc1ccc(C(=O)CC(=O)C(=O)N/N=C/c2ccccc2)cc1. The molecule has 0 aromatic heterocycles. The van der Waals surface area contributed by atoms with E-state index in [1.165, 1.54) is 6.21 Å². The van der Waals surface area contributed by atoms with Crippen LogP contribution in [0.2, 0.25) is 0 Å². The maximum atomic E-state index is 11.9. The summed E-state index contributed by atoms with van der Waals surface area (Å²) < 4.78 is 0. The van der Waals surface area contributed by atoms with Crippen molar-refractivity contribution in [1.82, 2.24) is 5.43 Å². The van der Waals surface area contributed by atoms with Gasteiger partial charge in [0, 0.05) is 5.56 Å². The summed E-state index contributed by atoms with van der Waals surface area (Å²) in [6.45, 7) is 1.90. The highest BCUT2D eigenvalue weighted by atomic mass is 16.2. The lowest BCUT2D eigenvalue weighted by atomic mass is 10.0. The maximum absolute atomic E-state index is 11.9. The van der Waals surface area contributed by atoms with Crippen LogP contribution in [0.1, 0.15) is 27.9 Å². The number of amides is 1. The quantitative estimate of drug-likeness (QED) is 0.292. The molecule has 0 atom stereocenters. The van der Waals surface area contributed by atoms with Crippen molar-refractivity contribution in [3.8, 4) is 0 Å². The molecule has 0 aliphatic rings. The third-order valence-corrected chi connectivity index (χ3v) is 3.13. The molecule has 0 aliphatic carbocycles. The molecular formula is C18H16N2O3. The number of hydrogen-bond donors (Lipinski definition) is 1. The number of hydrazone groups is 1. The van der Waals surface area contributed by atoms with E-state index in [-0.39, 0.29) is 0 Å². The molecule has 0 spiro atoms. The van der Waals surface area contributed by atoms with Crippen molar-refractivity contribution in [1.29, 1.82) is 0 Å². The molecule has 2 rings (SSSR count). The fourth-order valence-electron chi connectivity index (χ4n) is 1.83. The lowest BCUT2D eigenvalue weighted by Gasteiger charge is -2.01. The number of Topliss-reactive ketones (excluding diaryl/α,β-unsaturated/α-hetero) is 2. The van der Waals surface area contributed by atoms with Crippen LogP contribution < -0.4 is 5.43 Å². The molecule has 0 bridgehead atoms. The minimum atomic E-state index is -0.905. The van der Waals surface area contributed by atoms with Crippen LogP contribution in [0.4, 0.5) is 0 Å². The van der Waals surface area contributed by atoms with Gasteiger partial charge in [-0.3, -0.25) is 14.4 Å². The third-order valence-electron chi connectivity index (χ3n) is 3.13. The summed E-state index contributed by atoms with van der Waals surface area (Å²) in [6, 6.07) is 16.0. The highest BCUT2D eigenvalue weighted by Gasteiger charge is 2.18. The minimum Gasteiger partial charge on any atom is -0.294 e. The molecule has 0 saturated carbocycles. The largest absolute Gasteiger partial charge is 0.307 e. The summed E-state index contributed by atoms with van der Waals surface area (Å²) in [7, 11) is 0. The molecule has 5 heteroatoms. The van der Waals surface area contributed by atoms with Gasteiger partial charge in [-0.25, -0.2) is 5.43 Å². The van der Waals surface area contributed by atoms with Crippen LogP contribution in [0.25, 0.3) is 0 Å². The Balaban J connectivity index is 1.87. The van der Waals surface area contributed by atoms with Gasteiger partial charge >= 0.3 is 5.91 Å². The van der Waals surface area contributed by atoms with E-state index < -0.39 is 23.9 Å². The fourth-order valence-corrected chi connectivity index (χ4v) is 1.83. The van der Waals surface area contributed by atoms with Gasteiger partial charge in [-0.15, -0.1) is 0 Å². The normalized spacial score (nSPS) is 10.5. The van der Waals surface area contributed by atoms with Gasteiger partial charge in [-0.05, 0) is 12.5 Å². The Morgan fingerprint density at radius 2 is 1.65 bits per heavy atom. The Bertz CT molecular complexity index is 735. The van der Waals surface area contributed by atoms with E-state index in [1.54, 1.807) is 36.4 Å². The predicted octanol–water partition coefficient (Wildman–Crippen LogP) is 2.29. The number of rotatable bonds is 6. The van der Waals surface area contributed by atoms with Crippen molar-refractivity contribution >= 4 is 23.7 Å². The van der Waals surface area contributed by atoms with Gasteiger partial charge in [0.1, 0.15) is 0 Å². The molecule has 0 unspecified atom stereocenters. The van der Waals surface area contributed by atoms with E-state index in [4.69, 9.17) is 0 Å². The summed E-state index contributed by atoms with van der Waals surface area (Å²) >= 11 is 0. The van der Waals surface area contributed by atoms with E-state index in [1.807, 2.05) is 25.1 Å². The summed E-state index contributed by atoms with van der Waals surface area (Å²) in [6.07, 6.45) is 0.947. The van der Waals surface area contributed by atoms with Crippen LogP contribution in [0.3, 0.4) is 0 Å². The molecule has 1 amide bonds. The number of aryl methyl sites for hydroxylation is 1. The minimum absolute atomic E-state index is 0.391. The number of hydrogen-bond acceptors (Lipinski definition) is 4. The average molecular weight is 308 g/mol. The Kier molecular flexibility index (Phi) is 5.52. The zero-order valence-electron chi connectivity index (χ0n) is 12.7. The Labute approximate surface area is 134 Å². The van der Waals surface area contributed by atoms with Crippen molar-refractivity contribution in [3.63, 3.8) is 0 Å². The van der Waals surface area contributed by atoms with Gasteiger partial charge in [0.2, 0.25) is 5.78 Å². The van der Waals surface area contributed by atoms with E-state index in [9.17, 15) is 14.4 Å². The predicted molar refractivity (Wildman–Crippen MR) is 87.3 cm³/mol. The van der Waals surface area contributed by atoms with Crippen molar-refractivity contribution in [2.45, 2.75) is 13.3 Å². The lowest BCUT2D eigenvalue weighted by molar-refractivity contribution is -0.137. The van der Waals surface area contributed by atoms with Crippen LogP contribution in [-0.2, 0) is 9.59 Å². The maximum Gasteiger partial charge on any atom is 0.307 e. The highest BCUT2D eigenvalue weighted by molar-refractivity contribution is 6.40. The summed E-state index contributed by atoms with van der Waals surface area (Å²) in [5.41, 5.74) is 4.34. The Morgan fingerprint density at radius 1 is 1.00 bits per heavy atom. The topological polar surface area (TPSA) is 75.6 Å². The zero-order chi connectivity index (χ0) is 16.7. The molecule has 0 aliphatic heterocycles. The van der Waals surface area contributed by atoms with Gasteiger partial charge in [0.25, 0.3) is 0 Å². The van der Waals surface area contributed by atoms with Crippen molar-refractivity contribution in [2.75, 3.05) is 0 Å². The average Bonchev–Trinajstić information content (AvgIpc) is 2.56. The lowest BCUT2D eigenvalue weighted by Crippen LogP contribution is -2.28. The van der Waals surface area contributed by atoms with Crippen molar-refractivity contribution in [2.24, 2.45) is 5.10 Å². The molecule has 0 heterocycles. The molecule has 116 valence electrons. The van der Waals surface area contributed by atoms with Crippen LogP contribution in [0.15, 0.2) is 59.7 Å². The molecule has 23 heavy (non-hydrogen) atoms. The molecule has 2 aromatic carbocycles. The van der Waals surface area contributed by atoms with Crippen LogP contribution >= 0.6 is 0 Å². The number of ketones is 2. The first kappa shape index (κ1) is 16.3. The number of nitrogens with zero attached hydrogens (tertiary/aromatic N) is 1. The van der Waals surface area contributed by atoms with E-state index in [0.29, 0.717) is 5.56 Å². The fraction of sp³-hybridized carbons (Fsp3) is 0.111. The molecule has 0 saturated heterocycles. The van der Waals surface area contributed by atoms with Gasteiger partial charge in [0.15, 0.2) is 5.78 Å². The first-order valence-electron chi connectivity index (χ1n) is 7.07. The smallest absolute Gasteiger partial charge is 0.294 e. The zero-order valence-corrected chi connectivity index (χ0v) is 12.7.